The lowest BCUT2D eigenvalue weighted by Crippen LogP contribution is -2.25. The minimum Gasteiger partial charge on any atom is -0.381 e. The molecule has 0 bridgehead atoms. The van der Waals surface area contributed by atoms with Crippen LogP contribution in [0.1, 0.15) is 39.4 Å². The van der Waals surface area contributed by atoms with E-state index in [2.05, 4.69) is 25.3 Å². The number of nitrogens with zero attached hydrogens (tertiary/aromatic N) is 2. The summed E-state index contributed by atoms with van der Waals surface area (Å²) in [5.41, 5.74) is 1.69. The third-order valence-electron chi connectivity index (χ3n) is 4.40. The lowest BCUT2D eigenvalue weighted by atomic mass is 9.94. The standard InChI is InChI=1S/C17H24N2O3S/c1-17(2,3)16-18-14-10-13(23(20)21)4-5-15(14)19(16)11-12-6-8-22-9-7-12/h4-5,10,12,23H,6-9,11H2,1-3H3. The van der Waals surface area contributed by atoms with Gasteiger partial charge in [0.1, 0.15) is 5.82 Å². The predicted molar refractivity (Wildman–Crippen MR) is 90.6 cm³/mol. The topological polar surface area (TPSA) is 61.2 Å². The third-order valence-corrected chi connectivity index (χ3v) is 5.09. The van der Waals surface area contributed by atoms with E-state index < -0.39 is 10.7 Å². The summed E-state index contributed by atoms with van der Waals surface area (Å²) in [7, 11) is -2.58. The van der Waals surface area contributed by atoms with Gasteiger partial charge in [-0.25, -0.2) is 13.4 Å². The molecule has 2 heterocycles. The molecule has 0 amide bonds. The Balaban J connectivity index is 2.08. The van der Waals surface area contributed by atoms with Gasteiger partial charge in [0.2, 0.25) is 0 Å². The number of rotatable bonds is 3. The van der Waals surface area contributed by atoms with Crippen LogP contribution in [-0.4, -0.2) is 31.2 Å². The summed E-state index contributed by atoms with van der Waals surface area (Å²) < 4.78 is 30.2. The average molecular weight is 336 g/mol. The number of thiol groups is 1. The molecule has 0 N–H and O–H groups in total. The Morgan fingerprint density at radius 3 is 2.57 bits per heavy atom. The van der Waals surface area contributed by atoms with Gasteiger partial charge in [0.05, 0.1) is 15.9 Å². The highest BCUT2D eigenvalue weighted by molar-refractivity contribution is 7.72. The van der Waals surface area contributed by atoms with Crippen molar-refractivity contribution < 1.29 is 13.2 Å². The van der Waals surface area contributed by atoms with Crippen molar-refractivity contribution >= 4 is 21.7 Å². The van der Waals surface area contributed by atoms with Crippen molar-refractivity contribution in [2.75, 3.05) is 13.2 Å². The van der Waals surface area contributed by atoms with E-state index in [4.69, 9.17) is 9.72 Å². The smallest absolute Gasteiger partial charge is 0.168 e. The second kappa shape index (κ2) is 6.24. The van der Waals surface area contributed by atoms with Gasteiger partial charge in [-0.1, -0.05) is 20.8 Å². The fourth-order valence-corrected chi connectivity index (χ4v) is 3.60. The Morgan fingerprint density at radius 1 is 1.26 bits per heavy atom. The number of imidazole rings is 1. The van der Waals surface area contributed by atoms with Crippen LogP contribution in [0.25, 0.3) is 11.0 Å². The molecule has 6 heteroatoms. The molecular weight excluding hydrogens is 312 g/mol. The lowest BCUT2D eigenvalue weighted by molar-refractivity contribution is 0.0611. The number of benzene rings is 1. The summed E-state index contributed by atoms with van der Waals surface area (Å²) in [6.45, 7) is 8.98. The van der Waals surface area contributed by atoms with E-state index in [1.165, 1.54) is 0 Å². The van der Waals surface area contributed by atoms with E-state index in [-0.39, 0.29) is 5.41 Å². The fraction of sp³-hybridized carbons (Fsp3) is 0.588. The van der Waals surface area contributed by atoms with Crippen molar-refractivity contribution in [2.45, 2.75) is 50.5 Å². The molecule has 1 saturated heterocycles. The number of fused-ring (bicyclic) bond motifs is 1. The lowest BCUT2D eigenvalue weighted by Gasteiger charge is -2.26. The molecule has 1 aromatic carbocycles. The Kier molecular flexibility index (Phi) is 4.47. The quantitative estimate of drug-likeness (QED) is 0.876. The summed E-state index contributed by atoms with van der Waals surface area (Å²) in [4.78, 5) is 5.08. The summed E-state index contributed by atoms with van der Waals surface area (Å²) in [5.74, 6) is 1.59. The second-order valence-corrected chi connectivity index (χ2v) is 8.31. The van der Waals surface area contributed by atoms with Crippen LogP contribution < -0.4 is 0 Å². The summed E-state index contributed by atoms with van der Waals surface area (Å²) in [6.07, 6.45) is 2.13. The maximum atomic E-state index is 11.2. The van der Waals surface area contributed by atoms with Gasteiger partial charge in [0, 0.05) is 25.2 Å². The number of hydrogen-bond donors (Lipinski definition) is 1. The van der Waals surface area contributed by atoms with Crippen LogP contribution in [0.2, 0.25) is 0 Å². The SMILES string of the molecule is CC(C)(C)c1nc2cc([SH](=O)=O)ccc2n1CC1CCOCC1. The van der Waals surface area contributed by atoms with E-state index in [1.54, 1.807) is 12.1 Å². The highest BCUT2D eigenvalue weighted by atomic mass is 32.2. The Labute approximate surface area is 138 Å². The molecule has 0 atom stereocenters. The molecule has 23 heavy (non-hydrogen) atoms. The van der Waals surface area contributed by atoms with E-state index in [9.17, 15) is 8.42 Å². The highest BCUT2D eigenvalue weighted by Crippen LogP contribution is 2.29. The van der Waals surface area contributed by atoms with Crippen molar-refractivity contribution in [2.24, 2.45) is 5.92 Å². The average Bonchev–Trinajstić information content (AvgIpc) is 2.86. The predicted octanol–water partition coefficient (Wildman–Crippen LogP) is 2.73. The van der Waals surface area contributed by atoms with Crippen LogP contribution in [0.3, 0.4) is 0 Å². The van der Waals surface area contributed by atoms with Crippen LogP contribution in [0.4, 0.5) is 0 Å². The summed E-state index contributed by atoms with van der Waals surface area (Å²) in [5, 5.41) is 0. The Bertz CT molecular complexity index is 773. The first-order chi connectivity index (χ1) is 10.9. The first-order valence-electron chi connectivity index (χ1n) is 8.09. The van der Waals surface area contributed by atoms with Crippen molar-refractivity contribution in [1.82, 2.24) is 9.55 Å². The van der Waals surface area contributed by atoms with Crippen LogP contribution in [0.5, 0.6) is 0 Å². The zero-order valence-corrected chi connectivity index (χ0v) is 14.8. The molecule has 126 valence electrons. The summed E-state index contributed by atoms with van der Waals surface area (Å²) in [6, 6.07) is 5.23. The molecule has 0 unspecified atom stereocenters. The van der Waals surface area contributed by atoms with E-state index in [0.29, 0.717) is 10.8 Å². The fourth-order valence-electron chi connectivity index (χ4n) is 3.18. The Morgan fingerprint density at radius 2 is 1.96 bits per heavy atom. The minimum atomic E-state index is -2.58. The Hall–Kier alpha value is -1.40. The molecule has 1 aliphatic heterocycles. The zero-order chi connectivity index (χ0) is 16.6. The van der Waals surface area contributed by atoms with E-state index >= 15 is 0 Å². The van der Waals surface area contributed by atoms with Gasteiger partial charge in [0.15, 0.2) is 10.7 Å². The van der Waals surface area contributed by atoms with Gasteiger partial charge in [-0.3, -0.25) is 0 Å². The van der Waals surface area contributed by atoms with E-state index in [0.717, 1.165) is 49.5 Å². The van der Waals surface area contributed by atoms with Gasteiger partial charge < -0.3 is 9.30 Å². The first kappa shape index (κ1) is 16.5. The van der Waals surface area contributed by atoms with Gasteiger partial charge in [-0.05, 0) is 37.0 Å². The molecule has 0 radical (unpaired) electrons. The highest BCUT2D eigenvalue weighted by Gasteiger charge is 2.25. The molecule has 1 aromatic heterocycles. The van der Waals surface area contributed by atoms with Gasteiger partial charge in [-0.2, -0.15) is 0 Å². The first-order valence-corrected chi connectivity index (χ1v) is 9.27. The molecule has 5 nitrogen and oxygen atoms in total. The molecule has 1 fully saturated rings. The van der Waals surface area contributed by atoms with Crippen LogP contribution in [-0.2, 0) is 27.4 Å². The second-order valence-electron chi connectivity index (χ2n) is 7.28. The molecular formula is C17H24N2O3S. The van der Waals surface area contributed by atoms with Crippen molar-refractivity contribution in [3.63, 3.8) is 0 Å². The molecule has 0 spiro atoms. The maximum Gasteiger partial charge on any atom is 0.168 e. The third kappa shape index (κ3) is 3.43. The monoisotopic (exact) mass is 336 g/mol. The van der Waals surface area contributed by atoms with Crippen molar-refractivity contribution in [3.05, 3.63) is 24.0 Å². The number of hydrogen-bond acceptors (Lipinski definition) is 4. The summed E-state index contributed by atoms with van der Waals surface area (Å²) >= 11 is 0. The van der Waals surface area contributed by atoms with Gasteiger partial charge in [-0.15, -0.1) is 0 Å². The van der Waals surface area contributed by atoms with Crippen LogP contribution in [0.15, 0.2) is 23.1 Å². The van der Waals surface area contributed by atoms with E-state index in [1.807, 2.05) is 6.07 Å². The van der Waals surface area contributed by atoms with Crippen molar-refractivity contribution in [3.8, 4) is 0 Å². The van der Waals surface area contributed by atoms with Crippen LogP contribution in [0, 0.1) is 5.92 Å². The molecule has 2 aromatic rings. The van der Waals surface area contributed by atoms with Gasteiger partial charge in [0.25, 0.3) is 0 Å². The largest absolute Gasteiger partial charge is 0.381 e. The zero-order valence-electron chi connectivity index (χ0n) is 13.9. The maximum absolute atomic E-state index is 11.2. The normalized spacial score (nSPS) is 17.2. The number of aromatic nitrogens is 2. The molecule has 0 aliphatic carbocycles. The van der Waals surface area contributed by atoms with Gasteiger partial charge >= 0.3 is 0 Å². The number of ether oxygens (including phenoxy) is 1. The minimum absolute atomic E-state index is 0.0932. The molecule has 0 saturated carbocycles. The van der Waals surface area contributed by atoms with Crippen molar-refractivity contribution in [1.29, 1.82) is 0 Å². The molecule has 1 aliphatic rings. The van der Waals surface area contributed by atoms with Crippen LogP contribution >= 0.6 is 0 Å². The molecule has 3 rings (SSSR count).